The maximum absolute atomic E-state index is 13.0. The number of hydrogen-bond acceptors (Lipinski definition) is 6. The highest BCUT2D eigenvalue weighted by atomic mass is 32.2. The van der Waals surface area contributed by atoms with Crippen LogP contribution in [0.1, 0.15) is 6.42 Å². The molecule has 1 aliphatic rings. The van der Waals surface area contributed by atoms with Crippen molar-refractivity contribution in [3.63, 3.8) is 0 Å². The van der Waals surface area contributed by atoms with Crippen LogP contribution < -0.4 is 4.74 Å². The van der Waals surface area contributed by atoms with E-state index >= 15 is 0 Å². The van der Waals surface area contributed by atoms with Gasteiger partial charge in [0.05, 0.1) is 18.3 Å². The second kappa shape index (κ2) is 6.38. The van der Waals surface area contributed by atoms with Gasteiger partial charge in [-0.05, 0) is 18.6 Å². The van der Waals surface area contributed by atoms with Gasteiger partial charge in [0.1, 0.15) is 11.0 Å². The maximum atomic E-state index is 13.0. The average Bonchev–Trinajstić information content (AvgIpc) is 3.11. The summed E-state index contributed by atoms with van der Waals surface area (Å²) in [5, 5.41) is 0.801. The highest BCUT2D eigenvalue weighted by molar-refractivity contribution is 7.89. The monoisotopic (exact) mass is 356 g/mol. The van der Waals surface area contributed by atoms with Gasteiger partial charge >= 0.3 is 0 Å². The van der Waals surface area contributed by atoms with Gasteiger partial charge in [0.25, 0.3) is 0 Å². The number of nitrogens with zero attached hydrogens (tertiary/aromatic N) is 4. The molecule has 1 fully saturated rings. The molecule has 8 heteroatoms. The summed E-state index contributed by atoms with van der Waals surface area (Å²) < 4.78 is 33.3. The molecule has 3 heterocycles. The fourth-order valence-corrected chi connectivity index (χ4v) is 4.60. The number of rotatable bonds is 4. The van der Waals surface area contributed by atoms with Gasteiger partial charge in [0.15, 0.2) is 0 Å². The summed E-state index contributed by atoms with van der Waals surface area (Å²) in [4.78, 5) is 12.5. The fraction of sp³-hybridized carbons (Fsp3) is 0.235. The third-order valence-electron chi connectivity index (χ3n) is 4.15. The molecule has 0 saturated carbocycles. The molecule has 1 aliphatic heterocycles. The van der Waals surface area contributed by atoms with E-state index < -0.39 is 10.0 Å². The van der Waals surface area contributed by atoms with E-state index in [2.05, 4.69) is 15.0 Å². The first kappa shape index (κ1) is 15.9. The molecule has 4 rings (SSSR count). The summed E-state index contributed by atoms with van der Waals surface area (Å²) in [6.07, 6.45) is 6.59. The minimum atomic E-state index is -3.64. The summed E-state index contributed by atoms with van der Waals surface area (Å²) in [6.45, 7) is 0.679. The Labute approximate surface area is 145 Å². The van der Waals surface area contributed by atoms with Gasteiger partial charge in [-0.15, -0.1) is 0 Å². The van der Waals surface area contributed by atoms with Gasteiger partial charge in [-0.25, -0.2) is 13.4 Å². The minimum Gasteiger partial charge on any atom is -0.472 e. The van der Waals surface area contributed by atoms with E-state index in [9.17, 15) is 8.42 Å². The van der Waals surface area contributed by atoms with Crippen LogP contribution >= 0.6 is 0 Å². The summed E-state index contributed by atoms with van der Waals surface area (Å²) in [5.74, 6) is 0.401. The molecule has 0 N–H and O–H groups in total. The van der Waals surface area contributed by atoms with E-state index in [4.69, 9.17) is 4.74 Å². The molecule has 7 nitrogen and oxygen atoms in total. The number of hydrogen-bond donors (Lipinski definition) is 0. The van der Waals surface area contributed by atoms with Crippen LogP contribution in [0.2, 0.25) is 0 Å². The Bertz CT molecular complexity index is 990. The Hall–Kier alpha value is -2.58. The van der Waals surface area contributed by atoms with Crippen LogP contribution in [0.15, 0.2) is 60.0 Å². The van der Waals surface area contributed by atoms with Gasteiger partial charge in [-0.1, -0.05) is 18.2 Å². The zero-order valence-electron chi connectivity index (χ0n) is 13.3. The molecule has 0 amide bonds. The summed E-state index contributed by atoms with van der Waals surface area (Å²) in [6, 6.07) is 8.83. The van der Waals surface area contributed by atoms with Gasteiger partial charge in [-0.3, -0.25) is 9.97 Å². The van der Waals surface area contributed by atoms with Crippen LogP contribution in [0.5, 0.6) is 5.88 Å². The molecule has 1 atom stereocenters. The molecule has 1 unspecified atom stereocenters. The SMILES string of the molecule is O=S(=O)(c1cccc2cccnc12)N1CCC(Oc2cnccn2)C1. The third kappa shape index (κ3) is 3.06. The number of fused-ring (bicyclic) bond motifs is 1. The lowest BCUT2D eigenvalue weighted by atomic mass is 10.2. The zero-order valence-corrected chi connectivity index (χ0v) is 14.1. The van der Waals surface area contributed by atoms with E-state index in [1.807, 2.05) is 12.1 Å². The lowest BCUT2D eigenvalue weighted by molar-refractivity contribution is 0.206. The Balaban J connectivity index is 1.59. The number of benzene rings is 1. The molecule has 2 aromatic heterocycles. The smallest absolute Gasteiger partial charge is 0.245 e. The van der Waals surface area contributed by atoms with E-state index in [0.29, 0.717) is 24.4 Å². The van der Waals surface area contributed by atoms with Crippen molar-refractivity contribution in [1.82, 2.24) is 19.3 Å². The number of aromatic nitrogens is 3. The quantitative estimate of drug-likeness (QED) is 0.709. The Morgan fingerprint density at radius 2 is 1.96 bits per heavy atom. The molecule has 0 spiro atoms. The number of ether oxygens (including phenoxy) is 1. The second-order valence-corrected chi connectivity index (χ2v) is 7.67. The van der Waals surface area contributed by atoms with Crippen LogP contribution in [0.4, 0.5) is 0 Å². The molecule has 3 aromatic rings. The highest BCUT2D eigenvalue weighted by Crippen LogP contribution is 2.27. The van der Waals surface area contributed by atoms with Crippen LogP contribution in [0.25, 0.3) is 10.9 Å². The van der Waals surface area contributed by atoms with Gasteiger partial charge < -0.3 is 4.74 Å². The van der Waals surface area contributed by atoms with E-state index in [1.54, 1.807) is 36.8 Å². The Morgan fingerprint density at radius 3 is 2.80 bits per heavy atom. The van der Waals surface area contributed by atoms with Gasteiger partial charge in [0.2, 0.25) is 15.9 Å². The number of para-hydroxylation sites is 1. The molecule has 0 bridgehead atoms. The predicted molar refractivity (Wildman–Crippen MR) is 91.6 cm³/mol. The van der Waals surface area contributed by atoms with Crippen molar-refractivity contribution in [2.45, 2.75) is 17.4 Å². The molecule has 25 heavy (non-hydrogen) atoms. The topological polar surface area (TPSA) is 85.3 Å². The predicted octanol–water partition coefficient (Wildman–Crippen LogP) is 1.87. The summed E-state index contributed by atoms with van der Waals surface area (Å²) >= 11 is 0. The molecule has 0 radical (unpaired) electrons. The molecule has 0 aliphatic carbocycles. The summed E-state index contributed by atoms with van der Waals surface area (Å²) in [5.41, 5.74) is 0.489. The van der Waals surface area contributed by atoms with Crippen LogP contribution in [-0.4, -0.2) is 46.9 Å². The third-order valence-corrected chi connectivity index (χ3v) is 6.04. The first-order chi connectivity index (χ1) is 12.1. The largest absolute Gasteiger partial charge is 0.472 e. The van der Waals surface area contributed by atoms with Crippen LogP contribution in [0.3, 0.4) is 0 Å². The van der Waals surface area contributed by atoms with Crippen molar-refractivity contribution < 1.29 is 13.2 Å². The van der Waals surface area contributed by atoms with Crippen molar-refractivity contribution in [1.29, 1.82) is 0 Å². The standard InChI is InChI=1S/C17H16N4O3S/c22-25(23,15-5-1-3-13-4-2-7-20-17(13)15)21-10-6-14(12-21)24-16-11-18-8-9-19-16/h1-5,7-9,11,14H,6,10,12H2. The lowest BCUT2D eigenvalue weighted by Gasteiger charge is -2.17. The Kier molecular flexibility index (Phi) is 4.06. The van der Waals surface area contributed by atoms with Crippen LogP contribution in [-0.2, 0) is 10.0 Å². The molecule has 1 saturated heterocycles. The molecular formula is C17H16N4O3S. The van der Waals surface area contributed by atoms with E-state index in [1.165, 1.54) is 10.5 Å². The summed E-state index contributed by atoms with van der Waals surface area (Å²) in [7, 11) is -3.64. The average molecular weight is 356 g/mol. The molecular weight excluding hydrogens is 340 g/mol. The minimum absolute atomic E-state index is 0.228. The van der Waals surface area contributed by atoms with Gasteiger partial charge in [0, 0.05) is 30.5 Å². The second-order valence-electron chi connectivity index (χ2n) is 5.77. The lowest BCUT2D eigenvalue weighted by Crippen LogP contribution is -2.31. The van der Waals surface area contributed by atoms with E-state index in [-0.39, 0.29) is 17.5 Å². The van der Waals surface area contributed by atoms with Crippen molar-refractivity contribution >= 4 is 20.9 Å². The number of sulfonamides is 1. The highest BCUT2D eigenvalue weighted by Gasteiger charge is 2.35. The van der Waals surface area contributed by atoms with Crippen molar-refractivity contribution in [3.8, 4) is 5.88 Å². The maximum Gasteiger partial charge on any atom is 0.245 e. The van der Waals surface area contributed by atoms with Crippen molar-refractivity contribution in [2.24, 2.45) is 0 Å². The first-order valence-electron chi connectivity index (χ1n) is 7.91. The van der Waals surface area contributed by atoms with Crippen molar-refractivity contribution in [2.75, 3.05) is 13.1 Å². The fourth-order valence-electron chi connectivity index (χ4n) is 2.95. The zero-order chi connectivity index (χ0) is 17.3. The van der Waals surface area contributed by atoms with Gasteiger partial charge in [-0.2, -0.15) is 4.31 Å². The number of pyridine rings is 1. The van der Waals surface area contributed by atoms with Crippen molar-refractivity contribution in [3.05, 3.63) is 55.1 Å². The van der Waals surface area contributed by atoms with Crippen LogP contribution in [0, 0.1) is 0 Å². The Morgan fingerprint density at radius 1 is 1.08 bits per heavy atom. The molecule has 128 valence electrons. The van der Waals surface area contributed by atoms with E-state index in [0.717, 1.165) is 5.39 Å². The normalized spacial score (nSPS) is 18.5. The molecule has 1 aromatic carbocycles. The first-order valence-corrected chi connectivity index (χ1v) is 9.35.